The summed E-state index contributed by atoms with van der Waals surface area (Å²) in [4.78, 5) is 14.0. The highest BCUT2D eigenvalue weighted by Crippen LogP contribution is 2.36. The summed E-state index contributed by atoms with van der Waals surface area (Å²) >= 11 is 0. The number of nitrogens with zero attached hydrogens (tertiary/aromatic N) is 1. The quantitative estimate of drug-likeness (QED) is 0.701. The van der Waals surface area contributed by atoms with Gasteiger partial charge in [0.15, 0.2) is 0 Å². The fraction of sp³-hybridized carbons (Fsp3) is 0.909. The SMILES string of the molecule is NC1(C(=O)N2CCCC2CCCO)CC1. The van der Waals surface area contributed by atoms with E-state index in [9.17, 15) is 4.79 Å². The summed E-state index contributed by atoms with van der Waals surface area (Å²) in [6.45, 7) is 1.07. The molecule has 4 heteroatoms. The zero-order chi connectivity index (χ0) is 10.9. The maximum absolute atomic E-state index is 12.0. The molecule has 2 aliphatic rings. The first kappa shape index (κ1) is 10.9. The Morgan fingerprint density at radius 1 is 1.53 bits per heavy atom. The molecule has 86 valence electrons. The Morgan fingerprint density at radius 3 is 2.87 bits per heavy atom. The standard InChI is InChI=1S/C11H20N2O2/c12-11(5-6-11)10(15)13-7-1-3-9(13)4-2-8-14/h9,14H,1-8,12H2. The van der Waals surface area contributed by atoms with Crippen molar-refractivity contribution in [2.24, 2.45) is 5.73 Å². The van der Waals surface area contributed by atoms with Gasteiger partial charge in [0.05, 0.1) is 5.54 Å². The molecule has 1 unspecified atom stereocenters. The highest BCUT2D eigenvalue weighted by Gasteiger charge is 2.49. The lowest BCUT2D eigenvalue weighted by molar-refractivity contribution is -0.134. The van der Waals surface area contributed by atoms with Gasteiger partial charge >= 0.3 is 0 Å². The van der Waals surface area contributed by atoms with Crippen molar-refractivity contribution >= 4 is 5.91 Å². The number of hydrogen-bond acceptors (Lipinski definition) is 3. The second-order valence-electron chi connectivity index (χ2n) is 4.82. The second kappa shape index (κ2) is 4.10. The van der Waals surface area contributed by atoms with Gasteiger partial charge in [-0.3, -0.25) is 4.79 Å². The van der Waals surface area contributed by atoms with Crippen LogP contribution in [0.1, 0.15) is 38.5 Å². The summed E-state index contributed by atoms with van der Waals surface area (Å²) in [6, 6.07) is 0.325. The van der Waals surface area contributed by atoms with Crippen molar-refractivity contribution in [3.8, 4) is 0 Å². The first-order valence-electron chi connectivity index (χ1n) is 5.88. The van der Waals surface area contributed by atoms with Crippen LogP contribution in [0.15, 0.2) is 0 Å². The van der Waals surface area contributed by atoms with Crippen molar-refractivity contribution in [1.82, 2.24) is 4.90 Å². The molecule has 0 radical (unpaired) electrons. The Labute approximate surface area is 90.4 Å². The van der Waals surface area contributed by atoms with Crippen molar-refractivity contribution in [2.75, 3.05) is 13.2 Å². The predicted octanol–water partition coefficient (Wildman–Crippen LogP) is 0.241. The molecule has 0 aromatic rings. The number of rotatable bonds is 4. The largest absolute Gasteiger partial charge is 0.396 e. The Kier molecular flexibility index (Phi) is 2.98. The fourth-order valence-corrected chi connectivity index (χ4v) is 2.36. The summed E-state index contributed by atoms with van der Waals surface area (Å²) in [7, 11) is 0. The average molecular weight is 212 g/mol. The molecule has 0 aromatic carbocycles. The molecule has 1 saturated heterocycles. The molecule has 1 amide bonds. The van der Waals surface area contributed by atoms with Gasteiger partial charge in [0.25, 0.3) is 0 Å². The molecular formula is C11H20N2O2. The van der Waals surface area contributed by atoms with Crippen LogP contribution in [0.5, 0.6) is 0 Å². The van der Waals surface area contributed by atoms with Gasteiger partial charge in [-0.05, 0) is 38.5 Å². The summed E-state index contributed by atoms with van der Waals surface area (Å²) in [5, 5.41) is 8.80. The zero-order valence-electron chi connectivity index (χ0n) is 9.11. The van der Waals surface area contributed by atoms with Crippen LogP contribution < -0.4 is 5.73 Å². The van der Waals surface area contributed by atoms with Gasteiger partial charge in [0.2, 0.25) is 5.91 Å². The fourth-order valence-electron chi connectivity index (χ4n) is 2.36. The molecule has 1 saturated carbocycles. The van der Waals surface area contributed by atoms with E-state index < -0.39 is 5.54 Å². The third kappa shape index (κ3) is 2.16. The van der Waals surface area contributed by atoms with Crippen molar-refractivity contribution in [3.63, 3.8) is 0 Å². The first-order valence-corrected chi connectivity index (χ1v) is 5.88. The third-order valence-corrected chi connectivity index (χ3v) is 3.55. The Morgan fingerprint density at radius 2 is 2.27 bits per heavy atom. The molecule has 2 rings (SSSR count). The molecule has 1 aliphatic heterocycles. The minimum absolute atomic E-state index is 0.142. The predicted molar refractivity (Wildman–Crippen MR) is 57.2 cm³/mol. The van der Waals surface area contributed by atoms with E-state index >= 15 is 0 Å². The highest BCUT2D eigenvalue weighted by molar-refractivity contribution is 5.89. The average Bonchev–Trinajstić information content (AvgIpc) is 2.83. The highest BCUT2D eigenvalue weighted by atomic mass is 16.3. The second-order valence-corrected chi connectivity index (χ2v) is 4.82. The Hall–Kier alpha value is -0.610. The van der Waals surface area contributed by atoms with Gasteiger partial charge in [-0.1, -0.05) is 0 Å². The molecule has 1 atom stereocenters. The molecule has 1 heterocycles. The number of aliphatic hydroxyl groups excluding tert-OH is 1. The molecular weight excluding hydrogens is 192 g/mol. The zero-order valence-corrected chi connectivity index (χ0v) is 9.11. The number of amides is 1. The lowest BCUT2D eigenvalue weighted by Gasteiger charge is -2.27. The molecule has 0 bridgehead atoms. The first-order chi connectivity index (χ1) is 7.17. The van der Waals surface area contributed by atoms with Crippen LogP contribution in [0.4, 0.5) is 0 Å². The Balaban J connectivity index is 1.92. The summed E-state index contributed by atoms with van der Waals surface area (Å²) in [6.07, 6.45) is 5.54. The van der Waals surface area contributed by atoms with Crippen LogP contribution >= 0.6 is 0 Å². The van der Waals surface area contributed by atoms with E-state index in [0.29, 0.717) is 6.04 Å². The van der Waals surface area contributed by atoms with Gasteiger partial charge in [0.1, 0.15) is 0 Å². The number of hydrogen-bond donors (Lipinski definition) is 2. The number of aliphatic hydroxyl groups is 1. The molecule has 1 aliphatic carbocycles. The number of carbonyl (C=O) groups excluding carboxylic acids is 1. The van der Waals surface area contributed by atoms with E-state index in [-0.39, 0.29) is 12.5 Å². The van der Waals surface area contributed by atoms with Gasteiger partial charge in [-0.2, -0.15) is 0 Å². The smallest absolute Gasteiger partial charge is 0.242 e. The molecule has 3 N–H and O–H groups in total. The van der Waals surface area contributed by atoms with Crippen LogP contribution in [0.2, 0.25) is 0 Å². The minimum atomic E-state index is -0.526. The molecule has 0 aromatic heterocycles. The lowest BCUT2D eigenvalue weighted by atomic mass is 10.1. The van der Waals surface area contributed by atoms with Crippen LogP contribution in [0.25, 0.3) is 0 Å². The van der Waals surface area contributed by atoms with E-state index in [2.05, 4.69) is 0 Å². The molecule has 0 spiro atoms. The van der Waals surface area contributed by atoms with E-state index in [1.165, 1.54) is 0 Å². The van der Waals surface area contributed by atoms with Crippen LogP contribution in [-0.2, 0) is 4.79 Å². The number of nitrogens with two attached hydrogens (primary N) is 1. The van der Waals surface area contributed by atoms with Crippen LogP contribution in [0.3, 0.4) is 0 Å². The van der Waals surface area contributed by atoms with Gasteiger partial charge < -0.3 is 15.7 Å². The summed E-state index contributed by atoms with van der Waals surface area (Å²) in [5.41, 5.74) is 5.39. The number of carbonyl (C=O) groups is 1. The maximum Gasteiger partial charge on any atom is 0.242 e. The normalized spacial score (nSPS) is 28.1. The van der Waals surface area contributed by atoms with Gasteiger partial charge in [-0.25, -0.2) is 0 Å². The van der Waals surface area contributed by atoms with Gasteiger partial charge in [-0.15, -0.1) is 0 Å². The summed E-state index contributed by atoms with van der Waals surface area (Å²) in [5.74, 6) is 0.142. The van der Waals surface area contributed by atoms with Crippen molar-refractivity contribution in [3.05, 3.63) is 0 Å². The molecule has 4 nitrogen and oxygen atoms in total. The maximum atomic E-state index is 12.0. The molecule has 15 heavy (non-hydrogen) atoms. The van der Waals surface area contributed by atoms with E-state index in [1.807, 2.05) is 4.90 Å². The summed E-state index contributed by atoms with van der Waals surface area (Å²) < 4.78 is 0. The van der Waals surface area contributed by atoms with E-state index in [4.69, 9.17) is 10.8 Å². The Bertz CT molecular complexity index is 251. The van der Waals surface area contributed by atoms with Crippen LogP contribution in [-0.4, -0.2) is 40.6 Å². The van der Waals surface area contributed by atoms with E-state index in [1.54, 1.807) is 0 Å². The van der Waals surface area contributed by atoms with Gasteiger partial charge in [0, 0.05) is 19.2 Å². The minimum Gasteiger partial charge on any atom is -0.396 e. The topological polar surface area (TPSA) is 66.6 Å². The monoisotopic (exact) mass is 212 g/mol. The lowest BCUT2D eigenvalue weighted by Crippen LogP contribution is -2.47. The molecule has 2 fully saturated rings. The number of likely N-dealkylation sites (tertiary alicyclic amines) is 1. The van der Waals surface area contributed by atoms with Crippen molar-refractivity contribution in [1.29, 1.82) is 0 Å². The third-order valence-electron chi connectivity index (χ3n) is 3.55. The van der Waals surface area contributed by atoms with E-state index in [0.717, 1.165) is 45.1 Å². The van der Waals surface area contributed by atoms with Crippen molar-refractivity contribution in [2.45, 2.75) is 50.1 Å². The van der Waals surface area contributed by atoms with Crippen LogP contribution in [0, 0.1) is 0 Å². The van der Waals surface area contributed by atoms with Crippen molar-refractivity contribution < 1.29 is 9.90 Å².